The Morgan fingerprint density at radius 1 is 1.25 bits per heavy atom. The van der Waals surface area contributed by atoms with Crippen LogP contribution in [0.3, 0.4) is 0 Å². The minimum absolute atomic E-state index is 0.0751. The maximum absolute atomic E-state index is 13.3. The van der Waals surface area contributed by atoms with E-state index in [2.05, 4.69) is 0 Å². The lowest BCUT2D eigenvalue weighted by Crippen LogP contribution is -2.30. The largest absolute Gasteiger partial charge is 0.508 e. The Balaban J connectivity index is 2.36. The average Bonchev–Trinajstić information content (AvgIpc) is 2.42. The average molecular weight is 273 g/mol. The Hall–Kier alpha value is -2.36. The number of carbonyl (C=O) groups excluding carboxylic acids is 1. The van der Waals surface area contributed by atoms with Crippen molar-refractivity contribution < 1.29 is 14.3 Å². The maximum atomic E-state index is 13.3. The number of phenols is 1. The molecule has 0 aromatic heterocycles. The molecule has 0 fully saturated rings. The molecule has 0 heterocycles. The topological polar surface area (TPSA) is 40.5 Å². The van der Waals surface area contributed by atoms with Crippen LogP contribution in [0.1, 0.15) is 22.8 Å². The zero-order chi connectivity index (χ0) is 14.7. The Bertz CT molecular complexity index is 640. The molecule has 4 heteroatoms. The maximum Gasteiger partial charge on any atom is 0.258 e. The van der Waals surface area contributed by atoms with Gasteiger partial charge in [-0.1, -0.05) is 12.1 Å². The lowest BCUT2D eigenvalue weighted by Gasteiger charge is -2.21. The van der Waals surface area contributed by atoms with Crippen molar-refractivity contribution in [3.63, 3.8) is 0 Å². The summed E-state index contributed by atoms with van der Waals surface area (Å²) in [5.74, 6) is -0.583. The highest BCUT2D eigenvalue weighted by atomic mass is 19.1. The van der Waals surface area contributed by atoms with Crippen molar-refractivity contribution in [2.45, 2.75) is 13.8 Å². The molecule has 2 aromatic rings. The van der Waals surface area contributed by atoms with Crippen LogP contribution >= 0.6 is 0 Å². The van der Waals surface area contributed by atoms with Crippen molar-refractivity contribution in [1.82, 2.24) is 0 Å². The second-order valence-electron chi connectivity index (χ2n) is 4.53. The van der Waals surface area contributed by atoms with Gasteiger partial charge in [-0.05, 0) is 49.7 Å². The van der Waals surface area contributed by atoms with Crippen molar-refractivity contribution in [2.24, 2.45) is 0 Å². The summed E-state index contributed by atoms with van der Waals surface area (Å²) < 4.78 is 13.3. The molecule has 0 saturated heterocycles. The van der Waals surface area contributed by atoms with Gasteiger partial charge >= 0.3 is 0 Å². The van der Waals surface area contributed by atoms with Gasteiger partial charge in [-0.2, -0.15) is 0 Å². The molecule has 1 N–H and O–H groups in total. The van der Waals surface area contributed by atoms with E-state index in [1.807, 2.05) is 6.92 Å². The summed E-state index contributed by atoms with van der Waals surface area (Å²) in [5, 5.41) is 9.69. The third kappa shape index (κ3) is 2.79. The number of hydrogen-bond acceptors (Lipinski definition) is 2. The third-order valence-electron chi connectivity index (χ3n) is 3.14. The van der Waals surface area contributed by atoms with Crippen LogP contribution in [0.25, 0.3) is 0 Å². The number of benzene rings is 2. The summed E-state index contributed by atoms with van der Waals surface area (Å²) in [4.78, 5) is 13.9. The minimum atomic E-state index is -0.388. The second-order valence-corrected chi connectivity index (χ2v) is 4.53. The first-order chi connectivity index (χ1) is 9.52. The third-order valence-corrected chi connectivity index (χ3v) is 3.14. The molecule has 0 bridgehead atoms. The lowest BCUT2D eigenvalue weighted by molar-refractivity contribution is 0.0988. The summed E-state index contributed by atoms with van der Waals surface area (Å²) in [6, 6.07) is 10.7. The van der Waals surface area contributed by atoms with E-state index >= 15 is 0 Å². The van der Waals surface area contributed by atoms with Crippen molar-refractivity contribution in [2.75, 3.05) is 11.4 Å². The van der Waals surface area contributed by atoms with Crippen molar-refractivity contribution in [3.05, 3.63) is 59.4 Å². The van der Waals surface area contributed by atoms with Crippen LogP contribution in [0.4, 0.5) is 10.1 Å². The summed E-state index contributed by atoms with van der Waals surface area (Å²) in [6.45, 7) is 3.99. The number of rotatable bonds is 3. The van der Waals surface area contributed by atoms with E-state index in [9.17, 15) is 14.3 Å². The number of nitrogens with zero attached hydrogens (tertiary/aromatic N) is 1. The minimum Gasteiger partial charge on any atom is -0.508 e. The molecule has 0 saturated carbocycles. The zero-order valence-electron chi connectivity index (χ0n) is 11.4. The number of hydrogen-bond donors (Lipinski definition) is 1. The molecule has 3 nitrogen and oxygen atoms in total. The molecule has 20 heavy (non-hydrogen) atoms. The Morgan fingerprint density at radius 3 is 2.60 bits per heavy atom. The molecular weight excluding hydrogens is 257 g/mol. The molecule has 0 aliphatic heterocycles. The standard InChI is InChI=1S/C16H16FNO2/c1-3-18(14-6-4-5-13(17)10-14)16(20)12-8-7-11(2)15(19)9-12/h4-10,19H,3H2,1-2H3. The first-order valence-electron chi connectivity index (χ1n) is 6.40. The van der Waals surface area contributed by atoms with Gasteiger partial charge in [0.15, 0.2) is 0 Å². The van der Waals surface area contributed by atoms with E-state index in [0.29, 0.717) is 23.4 Å². The summed E-state index contributed by atoms with van der Waals surface area (Å²) in [7, 11) is 0. The molecule has 0 atom stereocenters. The van der Waals surface area contributed by atoms with E-state index in [1.54, 1.807) is 31.2 Å². The van der Waals surface area contributed by atoms with E-state index < -0.39 is 0 Å². The van der Waals surface area contributed by atoms with Crippen LogP contribution in [0.15, 0.2) is 42.5 Å². The lowest BCUT2D eigenvalue weighted by atomic mass is 10.1. The van der Waals surface area contributed by atoms with Gasteiger partial charge < -0.3 is 10.0 Å². The highest BCUT2D eigenvalue weighted by Crippen LogP contribution is 2.22. The highest BCUT2D eigenvalue weighted by Gasteiger charge is 2.17. The molecule has 2 aromatic carbocycles. The van der Waals surface area contributed by atoms with Gasteiger partial charge in [0.1, 0.15) is 11.6 Å². The number of aryl methyl sites for hydroxylation is 1. The zero-order valence-corrected chi connectivity index (χ0v) is 11.4. The SMILES string of the molecule is CCN(C(=O)c1ccc(C)c(O)c1)c1cccc(F)c1. The number of halogens is 1. The number of amides is 1. The first-order valence-corrected chi connectivity index (χ1v) is 6.40. The number of aromatic hydroxyl groups is 1. The summed E-state index contributed by atoms with van der Waals surface area (Å²) in [6.07, 6.45) is 0. The Labute approximate surface area is 117 Å². The predicted octanol–water partition coefficient (Wildman–Crippen LogP) is 3.51. The highest BCUT2D eigenvalue weighted by molar-refractivity contribution is 6.06. The fourth-order valence-corrected chi connectivity index (χ4v) is 1.99. The van der Waals surface area contributed by atoms with Gasteiger partial charge in [-0.25, -0.2) is 4.39 Å². The van der Waals surface area contributed by atoms with E-state index in [-0.39, 0.29) is 17.5 Å². The van der Waals surface area contributed by atoms with E-state index in [0.717, 1.165) is 0 Å². The van der Waals surface area contributed by atoms with Crippen molar-refractivity contribution in [1.29, 1.82) is 0 Å². The van der Waals surface area contributed by atoms with Crippen molar-refractivity contribution >= 4 is 11.6 Å². The monoisotopic (exact) mass is 273 g/mol. The number of carbonyl (C=O) groups is 1. The van der Waals surface area contributed by atoms with Crippen LogP contribution in [-0.2, 0) is 0 Å². The number of phenolic OH excluding ortho intramolecular Hbond substituents is 1. The van der Waals surface area contributed by atoms with Gasteiger partial charge in [0, 0.05) is 17.8 Å². The smallest absolute Gasteiger partial charge is 0.258 e. The van der Waals surface area contributed by atoms with E-state index in [1.165, 1.54) is 23.1 Å². The van der Waals surface area contributed by atoms with Crippen LogP contribution in [0.2, 0.25) is 0 Å². The van der Waals surface area contributed by atoms with Crippen molar-refractivity contribution in [3.8, 4) is 5.75 Å². The van der Waals surface area contributed by atoms with Gasteiger partial charge in [0.05, 0.1) is 0 Å². The summed E-state index contributed by atoms with van der Waals surface area (Å²) >= 11 is 0. The molecule has 104 valence electrons. The Kier molecular flexibility index (Phi) is 4.03. The molecule has 0 unspecified atom stereocenters. The number of anilines is 1. The van der Waals surface area contributed by atoms with Crippen LogP contribution < -0.4 is 4.90 Å². The molecule has 0 aliphatic carbocycles. The molecule has 2 rings (SSSR count). The first kappa shape index (κ1) is 14.1. The van der Waals surface area contributed by atoms with Crippen LogP contribution in [-0.4, -0.2) is 17.6 Å². The molecule has 0 aliphatic rings. The van der Waals surface area contributed by atoms with Gasteiger partial charge in [-0.15, -0.1) is 0 Å². The van der Waals surface area contributed by atoms with Gasteiger partial charge in [0.2, 0.25) is 0 Å². The fourth-order valence-electron chi connectivity index (χ4n) is 1.99. The van der Waals surface area contributed by atoms with Crippen LogP contribution in [0, 0.1) is 12.7 Å². The van der Waals surface area contributed by atoms with Crippen LogP contribution in [0.5, 0.6) is 5.75 Å². The van der Waals surface area contributed by atoms with E-state index in [4.69, 9.17) is 0 Å². The predicted molar refractivity (Wildman–Crippen MR) is 76.6 cm³/mol. The summed E-state index contributed by atoms with van der Waals surface area (Å²) in [5.41, 5.74) is 1.58. The molecule has 1 amide bonds. The normalized spacial score (nSPS) is 10.3. The second kappa shape index (κ2) is 5.74. The van der Waals surface area contributed by atoms with Gasteiger partial charge in [-0.3, -0.25) is 4.79 Å². The fraction of sp³-hybridized carbons (Fsp3) is 0.188. The molecular formula is C16H16FNO2. The van der Waals surface area contributed by atoms with Gasteiger partial charge in [0.25, 0.3) is 5.91 Å². The molecule has 0 radical (unpaired) electrons. The quantitative estimate of drug-likeness (QED) is 0.929. The Morgan fingerprint density at radius 2 is 2.00 bits per heavy atom. The molecule has 0 spiro atoms.